The molecule has 0 atom stereocenters. The monoisotopic (exact) mass is 245 g/mol. The van der Waals surface area contributed by atoms with Crippen LogP contribution in [-0.2, 0) is 6.54 Å². The zero-order chi connectivity index (χ0) is 13.0. The second kappa shape index (κ2) is 5.49. The van der Waals surface area contributed by atoms with Crippen molar-refractivity contribution in [1.82, 2.24) is 4.98 Å². The molecule has 1 heterocycles. The van der Waals surface area contributed by atoms with Gasteiger partial charge in [0.25, 0.3) is 0 Å². The van der Waals surface area contributed by atoms with Crippen LogP contribution in [0.2, 0.25) is 0 Å². The lowest BCUT2D eigenvalue weighted by Gasteiger charge is -2.19. The van der Waals surface area contributed by atoms with E-state index in [1.165, 1.54) is 12.1 Å². The topological polar surface area (TPSA) is 28.2 Å². The molecule has 0 radical (unpaired) electrons. The first-order valence-electron chi connectivity index (χ1n) is 5.78. The Morgan fingerprint density at radius 1 is 1.17 bits per heavy atom. The summed E-state index contributed by atoms with van der Waals surface area (Å²) in [5.74, 6) is 0.635. The van der Waals surface area contributed by atoms with E-state index in [-0.39, 0.29) is 5.82 Å². The lowest BCUT2D eigenvalue weighted by Crippen LogP contribution is -2.16. The van der Waals surface area contributed by atoms with Crippen molar-refractivity contribution >= 4 is 11.5 Å². The Morgan fingerprint density at radius 2 is 1.89 bits per heavy atom. The standard InChI is InChI=1S/C14H16FN3/c1-16-14-8-3-11(9-17-14)10-18(2)13-6-4-12(15)5-7-13/h3-9H,10H2,1-2H3,(H,16,17). The molecule has 0 aliphatic heterocycles. The van der Waals surface area contributed by atoms with E-state index in [0.717, 1.165) is 23.6 Å². The minimum absolute atomic E-state index is 0.216. The Kier molecular flexibility index (Phi) is 3.77. The molecule has 2 rings (SSSR count). The van der Waals surface area contributed by atoms with Gasteiger partial charge in [-0.1, -0.05) is 6.07 Å². The van der Waals surface area contributed by atoms with Gasteiger partial charge in [0.15, 0.2) is 0 Å². The number of pyridine rings is 1. The Bertz CT molecular complexity index is 493. The highest BCUT2D eigenvalue weighted by atomic mass is 19.1. The molecule has 0 spiro atoms. The Labute approximate surface area is 106 Å². The van der Waals surface area contributed by atoms with Crippen LogP contribution in [0.25, 0.3) is 0 Å². The van der Waals surface area contributed by atoms with Crippen LogP contribution in [-0.4, -0.2) is 19.1 Å². The molecule has 1 aromatic heterocycles. The first kappa shape index (κ1) is 12.4. The van der Waals surface area contributed by atoms with Crippen LogP contribution < -0.4 is 10.2 Å². The van der Waals surface area contributed by atoms with Crippen molar-refractivity contribution in [1.29, 1.82) is 0 Å². The number of nitrogens with zero attached hydrogens (tertiary/aromatic N) is 2. The number of benzene rings is 1. The van der Waals surface area contributed by atoms with Crippen LogP contribution in [0.1, 0.15) is 5.56 Å². The zero-order valence-corrected chi connectivity index (χ0v) is 10.5. The molecular formula is C14H16FN3. The van der Waals surface area contributed by atoms with Gasteiger partial charge in [-0.15, -0.1) is 0 Å². The van der Waals surface area contributed by atoms with Crippen LogP contribution in [0.4, 0.5) is 15.9 Å². The van der Waals surface area contributed by atoms with Crippen molar-refractivity contribution in [3.8, 4) is 0 Å². The van der Waals surface area contributed by atoms with Crippen molar-refractivity contribution in [3.63, 3.8) is 0 Å². The Hall–Kier alpha value is -2.10. The SMILES string of the molecule is CNc1ccc(CN(C)c2ccc(F)cc2)cn1. The van der Waals surface area contributed by atoms with Crippen LogP contribution in [0, 0.1) is 5.82 Å². The molecule has 0 saturated heterocycles. The summed E-state index contributed by atoms with van der Waals surface area (Å²) in [5, 5.41) is 2.98. The minimum Gasteiger partial charge on any atom is -0.373 e. The highest BCUT2D eigenvalue weighted by molar-refractivity contribution is 5.46. The van der Waals surface area contributed by atoms with Gasteiger partial charge in [-0.2, -0.15) is 0 Å². The number of nitrogens with one attached hydrogen (secondary N) is 1. The summed E-state index contributed by atoms with van der Waals surface area (Å²) in [5.41, 5.74) is 2.09. The van der Waals surface area contributed by atoms with Gasteiger partial charge in [-0.05, 0) is 35.9 Å². The zero-order valence-electron chi connectivity index (χ0n) is 10.5. The van der Waals surface area contributed by atoms with Gasteiger partial charge in [-0.3, -0.25) is 0 Å². The Morgan fingerprint density at radius 3 is 2.44 bits per heavy atom. The van der Waals surface area contributed by atoms with Crippen molar-refractivity contribution in [2.45, 2.75) is 6.54 Å². The van der Waals surface area contributed by atoms with Crippen molar-refractivity contribution in [2.75, 3.05) is 24.3 Å². The van der Waals surface area contributed by atoms with E-state index in [2.05, 4.69) is 15.2 Å². The summed E-state index contributed by atoms with van der Waals surface area (Å²) in [6.07, 6.45) is 1.84. The second-order valence-electron chi connectivity index (χ2n) is 4.13. The molecule has 0 saturated carbocycles. The average Bonchev–Trinajstić information content (AvgIpc) is 2.40. The lowest BCUT2D eigenvalue weighted by molar-refractivity contribution is 0.627. The number of hydrogen-bond donors (Lipinski definition) is 1. The number of halogens is 1. The maximum absolute atomic E-state index is 12.8. The summed E-state index contributed by atoms with van der Waals surface area (Å²) >= 11 is 0. The van der Waals surface area contributed by atoms with Crippen molar-refractivity contribution < 1.29 is 4.39 Å². The fraction of sp³-hybridized carbons (Fsp3) is 0.214. The molecule has 0 aliphatic carbocycles. The largest absolute Gasteiger partial charge is 0.373 e. The molecular weight excluding hydrogens is 229 g/mol. The Balaban J connectivity index is 2.05. The van der Waals surface area contributed by atoms with Gasteiger partial charge in [0.05, 0.1) is 0 Å². The van der Waals surface area contributed by atoms with Gasteiger partial charge >= 0.3 is 0 Å². The van der Waals surface area contributed by atoms with Crippen LogP contribution in [0.5, 0.6) is 0 Å². The fourth-order valence-electron chi connectivity index (χ4n) is 1.73. The van der Waals surface area contributed by atoms with Crippen LogP contribution in [0.15, 0.2) is 42.6 Å². The molecule has 18 heavy (non-hydrogen) atoms. The number of rotatable bonds is 4. The van der Waals surface area contributed by atoms with E-state index in [1.807, 2.05) is 32.4 Å². The smallest absolute Gasteiger partial charge is 0.125 e. The van der Waals surface area contributed by atoms with E-state index in [4.69, 9.17) is 0 Å². The molecule has 1 aromatic carbocycles. The van der Waals surface area contributed by atoms with Gasteiger partial charge in [0.1, 0.15) is 11.6 Å². The van der Waals surface area contributed by atoms with Crippen molar-refractivity contribution in [3.05, 3.63) is 54.0 Å². The lowest BCUT2D eigenvalue weighted by atomic mass is 10.2. The van der Waals surface area contributed by atoms with Crippen molar-refractivity contribution in [2.24, 2.45) is 0 Å². The molecule has 0 unspecified atom stereocenters. The predicted octanol–water partition coefficient (Wildman–Crippen LogP) is 2.90. The third-order valence-corrected chi connectivity index (χ3v) is 2.77. The molecule has 0 aliphatic rings. The highest BCUT2D eigenvalue weighted by Crippen LogP contribution is 2.16. The van der Waals surface area contributed by atoms with E-state index in [1.54, 1.807) is 12.1 Å². The normalized spacial score (nSPS) is 10.2. The van der Waals surface area contributed by atoms with Gasteiger partial charge in [-0.25, -0.2) is 9.37 Å². The third-order valence-electron chi connectivity index (χ3n) is 2.77. The first-order chi connectivity index (χ1) is 8.69. The maximum Gasteiger partial charge on any atom is 0.125 e. The van der Waals surface area contributed by atoms with E-state index in [0.29, 0.717) is 0 Å². The van der Waals surface area contributed by atoms with E-state index >= 15 is 0 Å². The summed E-state index contributed by atoms with van der Waals surface area (Å²) < 4.78 is 12.8. The first-order valence-corrected chi connectivity index (χ1v) is 5.78. The molecule has 94 valence electrons. The molecule has 2 aromatic rings. The third kappa shape index (κ3) is 2.97. The van der Waals surface area contributed by atoms with Gasteiger partial charge < -0.3 is 10.2 Å². The van der Waals surface area contributed by atoms with E-state index < -0.39 is 0 Å². The summed E-state index contributed by atoms with van der Waals surface area (Å²) in [6, 6.07) is 10.4. The summed E-state index contributed by atoms with van der Waals surface area (Å²) in [7, 11) is 3.81. The minimum atomic E-state index is -0.216. The maximum atomic E-state index is 12.8. The van der Waals surface area contributed by atoms with Gasteiger partial charge in [0.2, 0.25) is 0 Å². The fourth-order valence-corrected chi connectivity index (χ4v) is 1.73. The predicted molar refractivity (Wildman–Crippen MR) is 72.3 cm³/mol. The molecule has 3 nitrogen and oxygen atoms in total. The summed E-state index contributed by atoms with van der Waals surface area (Å²) in [4.78, 5) is 6.31. The van der Waals surface area contributed by atoms with Crippen LogP contribution >= 0.6 is 0 Å². The molecule has 0 bridgehead atoms. The number of aromatic nitrogens is 1. The molecule has 1 N–H and O–H groups in total. The van der Waals surface area contributed by atoms with Gasteiger partial charge in [0, 0.05) is 32.5 Å². The highest BCUT2D eigenvalue weighted by Gasteiger charge is 2.03. The van der Waals surface area contributed by atoms with E-state index in [9.17, 15) is 4.39 Å². The molecule has 4 heteroatoms. The van der Waals surface area contributed by atoms with Crippen LogP contribution in [0.3, 0.4) is 0 Å². The quantitative estimate of drug-likeness (QED) is 0.897. The molecule has 0 fully saturated rings. The number of hydrogen-bond acceptors (Lipinski definition) is 3. The average molecular weight is 245 g/mol. The second-order valence-corrected chi connectivity index (χ2v) is 4.13. The summed E-state index contributed by atoms with van der Waals surface area (Å²) in [6.45, 7) is 0.739. The number of anilines is 2. The molecule has 0 amide bonds.